The van der Waals surface area contributed by atoms with Gasteiger partial charge >= 0.3 is 0 Å². The molecule has 24 heavy (non-hydrogen) atoms. The summed E-state index contributed by atoms with van der Waals surface area (Å²) in [6, 6.07) is 2.14. The van der Waals surface area contributed by atoms with Crippen molar-refractivity contribution in [2.75, 3.05) is 18.0 Å². The molecule has 1 aromatic heterocycles. The van der Waals surface area contributed by atoms with E-state index >= 15 is 0 Å². The van der Waals surface area contributed by atoms with E-state index in [1.165, 1.54) is 25.7 Å². The van der Waals surface area contributed by atoms with Crippen LogP contribution in [-0.2, 0) is 4.79 Å². The molecule has 0 radical (unpaired) electrons. The molecule has 0 spiro atoms. The summed E-state index contributed by atoms with van der Waals surface area (Å²) in [6.45, 7) is 3.89. The predicted molar refractivity (Wildman–Crippen MR) is 93.5 cm³/mol. The van der Waals surface area contributed by atoms with E-state index in [0.29, 0.717) is 12.0 Å². The van der Waals surface area contributed by atoms with Gasteiger partial charge in [0.05, 0.1) is 5.92 Å². The summed E-state index contributed by atoms with van der Waals surface area (Å²) in [6.07, 6.45) is 11.0. The van der Waals surface area contributed by atoms with Crippen molar-refractivity contribution in [2.45, 2.75) is 51.5 Å². The SMILES string of the molecule is CC(NC(=O)C1CCCN(c2ncccn2)C1)C1CC2CCC1C2. The van der Waals surface area contributed by atoms with E-state index < -0.39 is 0 Å². The topological polar surface area (TPSA) is 58.1 Å². The fraction of sp³-hybridized carbons (Fsp3) is 0.737. The van der Waals surface area contributed by atoms with Gasteiger partial charge in [0.2, 0.25) is 11.9 Å². The molecule has 1 aromatic rings. The largest absolute Gasteiger partial charge is 0.353 e. The summed E-state index contributed by atoms with van der Waals surface area (Å²) >= 11 is 0. The van der Waals surface area contributed by atoms with Crippen LogP contribution in [0.1, 0.15) is 45.4 Å². The standard InChI is InChI=1S/C19H28N4O/c1-13(17-11-14-5-6-15(17)10-14)22-18(24)16-4-2-9-23(12-16)19-20-7-3-8-21-19/h3,7-8,13-17H,2,4-6,9-12H2,1H3,(H,22,24). The molecule has 2 aliphatic carbocycles. The Labute approximate surface area is 144 Å². The van der Waals surface area contributed by atoms with Crippen LogP contribution in [0.4, 0.5) is 5.95 Å². The Morgan fingerprint density at radius 1 is 1.25 bits per heavy atom. The van der Waals surface area contributed by atoms with Crippen molar-refractivity contribution in [1.29, 1.82) is 0 Å². The van der Waals surface area contributed by atoms with E-state index in [1.54, 1.807) is 12.4 Å². The number of fused-ring (bicyclic) bond motifs is 2. The average Bonchev–Trinajstić information content (AvgIpc) is 3.26. The Morgan fingerprint density at radius 3 is 2.79 bits per heavy atom. The summed E-state index contributed by atoms with van der Waals surface area (Å²) in [4.78, 5) is 23.6. The van der Waals surface area contributed by atoms with E-state index in [0.717, 1.165) is 43.7 Å². The van der Waals surface area contributed by atoms with Crippen molar-refractivity contribution in [2.24, 2.45) is 23.7 Å². The molecule has 5 atom stereocenters. The molecule has 5 nitrogen and oxygen atoms in total. The number of rotatable bonds is 4. The fourth-order valence-electron chi connectivity index (χ4n) is 5.18. The van der Waals surface area contributed by atoms with Crippen LogP contribution < -0.4 is 10.2 Å². The quantitative estimate of drug-likeness (QED) is 0.923. The van der Waals surface area contributed by atoms with Gasteiger partial charge in [-0.25, -0.2) is 9.97 Å². The lowest BCUT2D eigenvalue weighted by molar-refractivity contribution is -0.126. The highest BCUT2D eigenvalue weighted by molar-refractivity contribution is 5.79. The normalized spacial score (nSPS) is 33.5. The van der Waals surface area contributed by atoms with Gasteiger partial charge in [0.1, 0.15) is 0 Å². The van der Waals surface area contributed by atoms with Crippen LogP contribution in [0.25, 0.3) is 0 Å². The third kappa shape index (κ3) is 3.13. The van der Waals surface area contributed by atoms with Crippen LogP contribution in [0.15, 0.2) is 18.5 Å². The molecule has 2 saturated carbocycles. The summed E-state index contributed by atoms with van der Waals surface area (Å²) in [7, 11) is 0. The number of piperidine rings is 1. The van der Waals surface area contributed by atoms with Crippen LogP contribution >= 0.6 is 0 Å². The maximum absolute atomic E-state index is 12.8. The molecule has 1 amide bonds. The third-order valence-electron chi connectivity index (χ3n) is 6.43. The number of anilines is 1. The number of carbonyl (C=O) groups is 1. The van der Waals surface area contributed by atoms with Gasteiger partial charge in [-0.2, -0.15) is 0 Å². The molecule has 2 heterocycles. The number of aromatic nitrogens is 2. The molecule has 4 rings (SSSR count). The summed E-state index contributed by atoms with van der Waals surface area (Å²) in [5, 5.41) is 3.34. The summed E-state index contributed by atoms with van der Waals surface area (Å²) in [5.74, 6) is 3.51. The van der Waals surface area contributed by atoms with E-state index in [-0.39, 0.29) is 11.8 Å². The smallest absolute Gasteiger partial charge is 0.225 e. The van der Waals surface area contributed by atoms with Crippen molar-refractivity contribution in [3.63, 3.8) is 0 Å². The van der Waals surface area contributed by atoms with Crippen molar-refractivity contribution >= 4 is 11.9 Å². The molecule has 2 bridgehead atoms. The highest BCUT2D eigenvalue weighted by Gasteiger charge is 2.42. The number of hydrogen-bond acceptors (Lipinski definition) is 4. The first-order valence-electron chi connectivity index (χ1n) is 9.53. The molecule has 1 N–H and O–H groups in total. The zero-order valence-corrected chi connectivity index (χ0v) is 14.5. The molecular formula is C19H28N4O. The van der Waals surface area contributed by atoms with Crippen LogP contribution in [0.3, 0.4) is 0 Å². The number of carbonyl (C=O) groups excluding carboxylic acids is 1. The minimum absolute atomic E-state index is 0.0589. The monoisotopic (exact) mass is 328 g/mol. The van der Waals surface area contributed by atoms with Gasteiger partial charge in [-0.15, -0.1) is 0 Å². The summed E-state index contributed by atoms with van der Waals surface area (Å²) < 4.78 is 0. The molecule has 130 valence electrons. The molecule has 3 aliphatic rings. The first-order valence-corrected chi connectivity index (χ1v) is 9.53. The Balaban J connectivity index is 1.34. The van der Waals surface area contributed by atoms with Crippen LogP contribution in [0, 0.1) is 23.7 Å². The van der Waals surface area contributed by atoms with Gasteiger partial charge in [0.25, 0.3) is 0 Å². The van der Waals surface area contributed by atoms with Crippen LogP contribution in [0.2, 0.25) is 0 Å². The van der Waals surface area contributed by atoms with E-state index in [9.17, 15) is 4.79 Å². The first-order chi connectivity index (χ1) is 11.7. The lowest BCUT2D eigenvalue weighted by Crippen LogP contribution is -2.48. The maximum atomic E-state index is 12.8. The Bertz CT molecular complexity index is 578. The fourth-order valence-corrected chi connectivity index (χ4v) is 5.18. The zero-order chi connectivity index (χ0) is 16.5. The third-order valence-corrected chi connectivity index (χ3v) is 6.43. The minimum Gasteiger partial charge on any atom is -0.353 e. The molecule has 3 fully saturated rings. The van der Waals surface area contributed by atoms with E-state index in [4.69, 9.17) is 0 Å². The van der Waals surface area contributed by atoms with Crippen molar-refractivity contribution in [1.82, 2.24) is 15.3 Å². The number of nitrogens with zero attached hydrogens (tertiary/aromatic N) is 3. The van der Waals surface area contributed by atoms with Gasteiger partial charge in [-0.05, 0) is 62.8 Å². The molecule has 1 aliphatic heterocycles. The highest BCUT2D eigenvalue weighted by atomic mass is 16.2. The Morgan fingerprint density at radius 2 is 2.08 bits per heavy atom. The van der Waals surface area contributed by atoms with E-state index in [2.05, 4.69) is 27.1 Å². The van der Waals surface area contributed by atoms with Crippen molar-refractivity contribution in [3.05, 3.63) is 18.5 Å². The number of amides is 1. The second kappa shape index (κ2) is 6.69. The van der Waals surface area contributed by atoms with Gasteiger partial charge in [0, 0.05) is 31.5 Å². The van der Waals surface area contributed by atoms with Gasteiger partial charge in [-0.3, -0.25) is 4.79 Å². The minimum atomic E-state index is 0.0589. The average molecular weight is 328 g/mol. The lowest BCUT2D eigenvalue weighted by Gasteiger charge is -2.34. The van der Waals surface area contributed by atoms with Crippen molar-refractivity contribution < 1.29 is 4.79 Å². The maximum Gasteiger partial charge on any atom is 0.225 e. The van der Waals surface area contributed by atoms with Gasteiger partial charge < -0.3 is 10.2 Å². The van der Waals surface area contributed by atoms with Gasteiger partial charge in [-0.1, -0.05) is 6.42 Å². The highest BCUT2D eigenvalue weighted by Crippen LogP contribution is 2.49. The van der Waals surface area contributed by atoms with Crippen LogP contribution in [0.5, 0.6) is 0 Å². The van der Waals surface area contributed by atoms with Gasteiger partial charge in [0.15, 0.2) is 0 Å². The molecule has 1 saturated heterocycles. The van der Waals surface area contributed by atoms with E-state index in [1.807, 2.05) is 6.07 Å². The summed E-state index contributed by atoms with van der Waals surface area (Å²) in [5.41, 5.74) is 0. The second-order valence-electron chi connectivity index (χ2n) is 7.97. The first kappa shape index (κ1) is 15.9. The lowest BCUT2D eigenvalue weighted by atomic mass is 9.83. The molecule has 0 aromatic carbocycles. The Kier molecular flexibility index (Phi) is 4.42. The van der Waals surface area contributed by atoms with Crippen molar-refractivity contribution in [3.8, 4) is 0 Å². The predicted octanol–water partition coefficient (Wildman–Crippen LogP) is 2.63. The Hall–Kier alpha value is -1.65. The number of nitrogens with one attached hydrogen (secondary N) is 1. The molecular weight excluding hydrogens is 300 g/mol. The molecule has 5 unspecified atom stereocenters. The molecule has 5 heteroatoms. The van der Waals surface area contributed by atoms with Crippen LogP contribution in [-0.4, -0.2) is 35.0 Å². The second-order valence-corrected chi connectivity index (χ2v) is 7.97. The number of hydrogen-bond donors (Lipinski definition) is 1. The zero-order valence-electron chi connectivity index (χ0n) is 14.5.